The molecule has 28 heavy (non-hydrogen) atoms. The number of carbonyl (C=O) groups is 2. The molecule has 1 aliphatic heterocycles. The van der Waals surface area contributed by atoms with Crippen LogP contribution in [0.25, 0.3) is 0 Å². The van der Waals surface area contributed by atoms with Crippen LogP contribution in [0.3, 0.4) is 0 Å². The Morgan fingerprint density at radius 1 is 1.21 bits per heavy atom. The molecule has 0 spiro atoms. The van der Waals surface area contributed by atoms with E-state index in [9.17, 15) is 9.59 Å². The van der Waals surface area contributed by atoms with Gasteiger partial charge >= 0.3 is 0 Å². The maximum absolute atomic E-state index is 12.7. The Balaban J connectivity index is 1.54. The second kappa shape index (κ2) is 8.46. The molecule has 7 nitrogen and oxygen atoms in total. The van der Waals surface area contributed by atoms with Gasteiger partial charge in [-0.25, -0.2) is 0 Å². The van der Waals surface area contributed by atoms with E-state index in [-0.39, 0.29) is 17.9 Å². The zero-order valence-electron chi connectivity index (χ0n) is 17.0. The summed E-state index contributed by atoms with van der Waals surface area (Å²) >= 11 is 0. The van der Waals surface area contributed by atoms with E-state index in [0.717, 1.165) is 35.5 Å². The summed E-state index contributed by atoms with van der Waals surface area (Å²) in [7, 11) is 3.45. The molecule has 1 fully saturated rings. The van der Waals surface area contributed by atoms with Gasteiger partial charge in [0.15, 0.2) is 0 Å². The third kappa shape index (κ3) is 4.18. The van der Waals surface area contributed by atoms with Crippen LogP contribution in [0.1, 0.15) is 40.2 Å². The summed E-state index contributed by atoms with van der Waals surface area (Å²) in [6.45, 7) is 5.03. The van der Waals surface area contributed by atoms with Gasteiger partial charge in [0, 0.05) is 37.4 Å². The highest BCUT2D eigenvalue weighted by Crippen LogP contribution is 2.20. The molecular weight excluding hydrogens is 356 g/mol. The van der Waals surface area contributed by atoms with Crippen molar-refractivity contribution in [1.29, 1.82) is 0 Å². The van der Waals surface area contributed by atoms with Crippen LogP contribution in [0.15, 0.2) is 24.3 Å². The molecular formula is C21H28N4O3. The molecule has 0 saturated carbocycles. The summed E-state index contributed by atoms with van der Waals surface area (Å²) in [6, 6.07) is 7.67. The first-order chi connectivity index (χ1) is 13.4. The molecule has 0 atom stereocenters. The molecule has 1 aromatic carbocycles. The van der Waals surface area contributed by atoms with Crippen LogP contribution < -0.4 is 10.1 Å². The molecule has 0 unspecified atom stereocenters. The molecule has 0 radical (unpaired) electrons. The minimum Gasteiger partial charge on any atom is -0.496 e. The molecule has 150 valence electrons. The minimum atomic E-state index is -0.0816. The largest absolute Gasteiger partial charge is 0.496 e. The first-order valence-corrected chi connectivity index (χ1v) is 9.61. The quantitative estimate of drug-likeness (QED) is 0.856. The lowest BCUT2D eigenvalue weighted by molar-refractivity contribution is -0.131. The number of carbonyl (C=O) groups excluding carboxylic acids is 2. The highest BCUT2D eigenvalue weighted by atomic mass is 16.5. The topological polar surface area (TPSA) is 76.5 Å². The van der Waals surface area contributed by atoms with Gasteiger partial charge in [-0.15, -0.1) is 0 Å². The van der Waals surface area contributed by atoms with Crippen molar-refractivity contribution >= 4 is 11.8 Å². The van der Waals surface area contributed by atoms with E-state index in [1.165, 1.54) is 0 Å². The summed E-state index contributed by atoms with van der Waals surface area (Å²) in [4.78, 5) is 27.2. The van der Waals surface area contributed by atoms with Crippen molar-refractivity contribution in [2.24, 2.45) is 7.05 Å². The van der Waals surface area contributed by atoms with E-state index < -0.39 is 0 Å². The van der Waals surface area contributed by atoms with E-state index >= 15 is 0 Å². The molecule has 7 heteroatoms. The molecule has 1 N–H and O–H groups in total. The molecule has 1 aromatic heterocycles. The number of nitrogens with zero attached hydrogens (tertiary/aromatic N) is 3. The monoisotopic (exact) mass is 384 g/mol. The zero-order chi connectivity index (χ0) is 20.3. The lowest BCUT2D eigenvalue weighted by Crippen LogP contribution is -2.47. The van der Waals surface area contributed by atoms with Gasteiger partial charge in [-0.2, -0.15) is 5.10 Å². The Morgan fingerprint density at radius 2 is 1.89 bits per heavy atom. The smallest absolute Gasteiger partial charge is 0.255 e. The Labute approximate surface area is 165 Å². The van der Waals surface area contributed by atoms with E-state index in [1.54, 1.807) is 11.8 Å². The van der Waals surface area contributed by atoms with Crippen molar-refractivity contribution in [3.8, 4) is 5.75 Å². The Hall–Kier alpha value is -2.83. The van der Waals surface area contributed by atoms with Gasteiger partial charge in [-0.1, -0.05) is 18.2 Å². The van der Waals surface area contributed by atoms with Crippen LogP contribution in [0, 0.1) is 13.8 Å². The SMILES string of the molecule is COc1ccccc1CC(=O)N1CCC(NC(=O)c2c(C)nn(C)c2C)CC1. The summed E-state index contributed by atoms with van der Waals surface area (Å²) in [6.07, 6.45) is 1.83. The predicted molar refractivity (Wildman–Crippen MR) is 106 cm³/mol. The van der Waals surface area contributed by atoms with Gasteiger partial charge in [0.1, 0.15) is 5.75 Å². The molecule has 0 aliphatic carbocycles. The van der Waals surface area contributed by atoms with Crippen molar-refractivity contribution in [2.75, 3.05) is 20.2 Å². The van der Waals surface area contributed by atoms with Crippen molar-refractivity contribution in [1.82, 2.24) is 20.0 Å². The second-order valence-corrected chi connectivity index (χ2v) is 7.29. The number of benzene rings is 1. The molecule has 1 aliphatic rings. The number of amides is 2. The fourth-order valence-corrected chi connectivity index (χ4v) is 3.76. The van der Waals surface area contributed by atoms with E-state index in [1.807, 2.05) is 50.1 Å². The Bertz CT molecular complexity index is 867. The Morgan fingerprint density at radius 3 is 2.50 bits per heavy atom. The molecule has 2 amide bonds. The fraction of sp³-hybridized carbons (Fsp3) is 0.476. The normalized spacial score (nSPS) is 14.8. The molecule has 2 aromatic rings. The van der Waals surface area contributed by atoms with Crippen LogP contribution in [0.4, 0.5) is 0 Å². The molecule has 3 rings (SSSR count). The van der Waals surface area contributed by atoms with Gasteiger partial charge in [0.25, 0.3) is 5.91 Å². The standard InChI is InChI=1S/C21H28N4O3/c1-14-20(15(2)24(3)23-14)21(27)22-17-9-11-25(12-10-17)19(26)13-16-7-5-6-8-18(16)28-4/h5-8,17H,9-13H2,1-4H3,(H,22,27). The Kier molecular flexibility index (Phi) is 6.02. The lowest BCUT2D eigenvalue weighted by Gasteiger charge is -2.32. The second-order valence-electron chi connectivity index (χ2n) is 7.29. The summed E-state index contributed by atoms with van der Waals surface area (Å²) in [5.41, 5.74) is 3.14. The number of ether oxygens (including phenoxy) is 1. The zero-order valence-corrected chi connectivity index (χ0v) is 17.0. The lowest BCUT2D eigenvalue weighted by atomic mass is 10.0. The van der Waals surface area contributed by atoms with Crippen molar-refractivity contribution in [2.45, 2.75) is 39.2 Å². The van der Waals surface area contributed by atoms with Gasteiger partial charge in [-0.05, 0) is 32.8 Å². The molecule has 2 heterocycles. The number of piperidine rings is 1. The number of hydrogen-bond donors (Lipinski definition) is 1. The number of para-hydroxylation sites is 1. The van der Waals surface area contributed by atoms with Gasteiger partial charge in [0.05, 0.1) is 24.8 Å². The maximum Gasteiger partial charge on any atom is 0.255 e. The average Bonchev–Trinajstić information content (AvgIpc) is 2.94. The number of methoxy groups -OCH3 is 1. The van der Waals surface area contributed by atoms with E-state index in [0.29, 0.717) is 25.1 Å². The van der Waals surface area contributed by atoms with Crippen LogP contribution in [0.2, 0.25) is 0 Å². The highest BCUT2D eigenvalue weighted by molar-refractivity contribution is 5.96. The van der Waals surface area contributed by atoms with Crippen LogP contribution in [0.5, 0.6) is 5.75 Å². The van der Waals surface area contributed by atoms with Crippen LogP contribution in [-0.2, 0) is 18.3 Å². The van der Waals surface area contributed by atoms with Crippen molar-refractivity contribution in [3.63, 3.8) is 0 Å². The number of hydrogen-bond acceptors (Lipinski definition) is 4. The molecule has 1 saturated heterocycles. The highest BCUT2D eigenvalue weighted by Gasteiger charge is 2.26. The van der Waals surface area contributed by atoms with Gasteiger partial charge in [0.2, 0.25) is 5.91 Å². The summed E-state index contributed by atoms with van der Waals surface area (Å²) in [5.74, 6) is 0.746. The first-order valence-electron chi connectivity index (χ1n) is 9.61. The van der Waals surface area contributed by atoms with Gasteiger partial charge in [-0.3, -0.25) is 14.3 Å². The van der Waals surface area contributed by atoms with Gasteiger partial charge < -0.3 is 15.0 Å². The van der Waals surface area contributed by atoms with E-state index in [2.05, 4.69) is 10.4 Å². The summed E-state index contributed by atoms with van der Waals surface area (Å²) in [5, 5.41) is 7.41. The minimum absolute atomic E-state index is 0.0711. The predicted octanol–water partition coefficient (Wildman–Crippen LogP) is 2.01. The average molecular weight is 384 g/mol. The number of aryl methyl sites for hydroxylation is 2. The van der Waals surface area contributed by atoms with Crippen molar-refractivity contribution < 1.29 is 14.3 Å². The fourth-order valence-electron chi connectivity index (χ4n) is 3.76. The number of rotatable bonds is 5. The third-order valence-electron chi connectivity index (χ3n) is 5.45. The van der Waals surface area contributed by atoms with Crippen molar-refractivity contribution in [3.05, 3.63) is 46.8 Å². The molecule has 0 bridgehead atoms. The third-order valence-corrected chi connectivity index (χ3v) is 5.45. The summed E-state index contributed by atoms with van der Waals surface area (Å²) < 4.78 is 7.06. The van der Waals surface area contributed by atoms with E-state index in [4.69, 9.17) is 4.74 Å². The maximum atomic E-state index is 12.7. The van der Waals surface area contributed by atoms with Crippen LogP contribution >= 0.6 is 0 Å². The van der Waals surface area contributed by atoms with Crippen LogP contribution in [-0.4, -0.2) is 52.7 Å². The number of aromatic nitrogens is 2. The number of likely N-dealkylation sites (tertiary alicyclic amines) is 1. The number of nitrogens with one attached hydrogen (secondary N) is 1. The first kappa shape index (κ1) is 19.9.